The zero-order valence-electron chi connectivity index (χ0n) is 6.30. The maximum atomic E-state index is 12.9. The predicted molar refractivity (Wildman–Crippen MR) is 38.3 cm³/mol. The zero-order valence-corrected chi connectivity index (χ0v) is 6.30. The van der Waals surface area contributed by atoms with Crippen LogP contribution in [0.4, 0.5) is 13.2 Å². The molecule has 0 saturated carbocycles. The van der Waals surface area contributed by atoms with E-state index in [-0.39, 0.29) is 0 Å². The molecular formula is C8H5F3O2. The molecule has 0 fully saturated rings. The number of halogens is 3. The third kappa shape index (κ3) is 1.80. The first-order valence-electron chi connectivity index (χ1n) is 3.34. The first-order valence-corrected chi connectivity index (χ1v) is 3.34. The molecule has 13 heavy (non-hydrogen) atoms. The summed E-state index contributed by atoms with van der Waals surface area (Å²) >= 11 is 0. The Morgan fingerprint density at radius 2 is 2.00 bits per heavy atom. The van der Waals surface area contributed by atoms with Gasteiger partial charge in [0.05, 0.1) is 11.1 Å². The molecule has 0 aromatic heterocycles. The molecule has 1 N–H and O–H groups in total. The van der Waals surface area contributed by atoms with Crippen molar-refractivity contribution in [3.05, 3.63) is 35.1 Å². The molecule has 0 bridgehead atoms. The van der Waals surface area contributed by atoms with E-state index in [2.05, 4.69) is 0 Å². The molecule has 0 aliphatic rings. The van der Waals surface area contributed by atoms with Crippen molar-refractivity contribution in [2.75, 3.05) is 0 Å². The summed E-state index contributed by atoms with van der Waals surface area (Å²) in [6.07, 6.45) is -3.00. The minimum atomic E-state index is -3.00. The van der Waals surface area contributed by atoms with E-state index in [0.29, 0.717) is 0 Å². The Balaban J connectivity index is 3.26. The van der Waals surface area contributed by atoms with Crippen LogP contribution in [0.1, 0.15) is 22.3 Å². The highest BCUT2D eigenvalue weighted by Crippen LogP contribution is 2.23. The molecule has 1 aromatic carbocycles. The van der Waals surface area contributed by atoms with Gasteiger partial charge in [-0.2, -0.15) is 0 Å². The van der Waals surface area contributed by atoms with Crippen LogP contribution in [-0.2, 0) is 0 Å². The van der Waals surface area contributed by atoms with Gasteiger partial charge in [-0.15, -0.1) is 0 Å². The lowest BCUT2D eigenvalue weighted by Gasteiger charge is -2.03. The van der Waals surface area contributed by atoms with Crippen molar-refractivity contribution >= 4 is 5.97 Å². The van der Waals surface area contributed by atoms with Gasteiger partial charge < -0.3 is 5.11 Å². The molecule has 70 valence electrons. The Labute approximate surface area is 71.6 Å². The minimum absolute atomic E-state index is 0.738. The second kappa shape index (κ2) is 3.47. The highest BCUT2D eigenvalue weighted by molar-refractivity contribution is 5.88. The average molecular weight is 190 g/mol. The fourth-order valence-corrected chi connectivity index (χ4v) is 0.884. The molecule has 1 rings (SSSR count). The van der Waals surface area contributed by atoms with E-state index < -0.39 is 29.3 Å². The molecule has 0 unspecified atom stereocenters. The van der Waals surface area contributed by atoms with E-state index in [1.807, 2.05) is 0 Å². The average Bonchev–Trinajstić information content (AvgIpc) is 2.03. The molecule has 0 saturated heterocycles. The van der Waals surface area contributed by atoms with Gasteiger partial charge in [-0.25, -0.2) is 18.0 Å². The second-order valence-corrected chi connectivity index (χ2v) is 2.31. The highest BCUT2D eigenvalue weighted by atomic mass is 19.3. The number of alkyl halides is 2. The molecule has 2 nitrogen and oxygen atoms in total. The van der Waals surface area contributed by atoms with Gasteiger partial charge in [0.2, 0.25) is 0 Å². The third-order valence-corrected chi connectivity index (χ3v) is 1.49. The monoisotopic (exact) mass is 190 g/mol. The number of benzene rings is 1. The second-order valence-electron chi connectivity index (χ2n) is 2.31. The summed E-state index contributed by atoms with van der Waals surface area (Å²) in [6, 6.07) is 2.87. The fraction of sp³-hybridized carbons (Fsp3) is 0.125. The lowest BCUT2D eigenvalue weighted by molar-refractivity contribution is 0.0690. The van der Waals surface area contributed by atoms with Gasteiger partial charge in [0, 0.05) is 0 Å². The summed E-state index contributed by atoms with van der Waals surface area (Å²) < 4.78 is 37.0. The molecule has 5 heteroatoms. The Morgan fingerprint density at radius 3 is 2.46 bits per heavy atom. The lowest BCUT2D eigenvalue weighted by Crippen LogP contribution is -2.03. The zero-order chi connectivity index (χ0) is 10.0. The van der Waals surface area contributed by atoms with Crippen LogP contribution in [0.25, 0.3) is 0 Å². The Bertz CT molecular complexity index is 336. The number of carboxylic acid groups (broad SMARTS) is 1. The number of aromatic carboxylic acids is 1. The van der Waals surface area contributed by atoms with Crippen LogP contribution < -0.4 is 0 Å². The molecule has 0 spiro atoms. The maximum Gasteiger partial charge on any atom is 0.338 e. The van der Waals surface area contributed by atoms with E-state index in [4.69, 9.17) is 5.11 Å². The van der Waals surface area contributed by atoms with Crippen LogP contribution in [0.2, 0.25) is 0 Å². The van der Waals surface area contributed by atoms with Crippen LogP contribution in [0.15, 0.2) is 18.2 Å². The number of rotatable bonds is 2. The van der Waals surface area contributed by atoms with Gasteiger partial charge in [0.15, 0.2) is 0 Å². The Morgan fingerprint density at radius 1 is 1.38 bits per heavy atom. The SMILES string of the molecule is O=C(O)c1cccc(C(F)F)c1F. The van der Waals surface area contributed by atoms with Crippen molar-refractivity contribution in [1.82, 2.24) is 0 Å². The van der Waals surface area contributed by atoms with E-state index in [0.717, 1.165) is 18.2 Å². The van der Waals surface area contributed by atoms with Gasteiger partial charge in [-0.05, 0) is 6.07 Å². The van der Waals surface area contributed by atoms with Crippen LogP contribution >= 0.6 is 0 Å². The van der Waals surface area contributed by atoms with E-state index >= 15 is 0 Å². The van der Waals surface area contributed by atoms with Crippen molar-refractivity contribution in [3.63, 3.8) is 0 Å². The molecule has 0 amide bonds. The smallest absolute Gasteiger partial charge is 0.338 e. The van der Waals surface area contributed by atoms with Crippen LogP contribution in [-0.4, -0.2) is 11.1 Å². The van der Waals surface area contributed by atoms with Crippen LogP contribution in [0.5, 0.6) is 0 Å². The Kier molecular flexibility index (Phi) is 2.55. The molecular weight excluding hydrogens is 185 g/mol. The molecule has 0 aliphatic carbocycles. The molecule has 0 radical (unpaired) electrons. The summed E-state index contributed by atoms with van der Waals surface area (Å²) in [6.45, 7) is 0. The van der Waals surface area contributed by atoms with Crippen LogP contribution in [0, 0.1) is 5.82 Å². The first kappa shape index (κ1) is 9.57. The van der Waals surface area contributed by atoms with Gasteiger partial charge in [0.25, 0.3) is 6.43 Å². The molecule has 1 aromatic rings. The summed E-state index contributed by atoms with van der Waals surface area (Å²) in [5.41, 5.74) is -1.63. The standard InChI is InChI=1S/C8H5F3O2/c9-6-4(7(10)11)2-1-3-5(6)8(12)13/h1-3,7H,(H,12,13). The van der Waals surface area contributed by atoms with Gasteiger partial charge >= 0.3 is 5.97 Å². The third-order valence-electron chi connectivity index (χ3n) is 1.49. The predicted octanol–water partition coefficient (Wildman–Crippen LogP) is 2.46. The van der Waals surface area contributed by atoms with Crippen molar-refractivity contribution in [2.24, 2.45) is 0 Å². The number of hydrogen-bond acceptors (Lipinski definition) is 1. The lowest BCUT2D eigenvalue weighted by atomic mass is 10.1. The van der Waals surface area contributed by atoms with Crippen molar-refractivity contribution < 1.29 is 23.1 Å². The van der Waals surface area contributed by atoms with E-state index in [1.165, 1.54) is 0 Å². The maximum absolute atomic E-state index is 12.9. The van der Waals surface area contributed by atoms with Crippen LogP contribution in [0.3, 0.4) is 0 Å². The fourth-order valence-electron chi connectivity index (χ4n) is 0.884. The molecule has 0 aliphatic heterocycles. The summed E-state index contributed by atoms with van der Waals surface area (Å²) in [4.78, 5) is 10.3. The Hall–Kier alpha value is -1.52. The molecule has 0 atom stereocenters. The summed E-state index contributed by atoms with van der Waals surface area (Å²) in [7, 11) is 0. The summed E-state index contributed by atoms with van der Waals surface area (Å²) in [5, 5.41) is 8.39. The van der Waals surface area contributed by atoms with Crippen molar-refractivity contribution in [3.8, 4) is 0 Å². The van der Waals surface area contributed by atoms with Gasteiger partial charge in [-0.1, -0.05) is 12.1 Å². The molecule has 0 heterocycles. The number of hydrogen-bond donors (Lipinski definition) is 1. The van der Waals surface area contributed by atoms with Gasteiger partial charge in [0.1, 0.15) is 5.82 Å². The van der Waals surface area contributed by atoms with Crippen molar-refractivity contribution in [2.45, 2.75) is 6.43 Å². The number of carbonyl (C=O) groups is 1. The van der Waals surface area contributed by atoms with E-state index in [9.17, 15) is 18.0 Å². The topological polar surface area (TPSA) is 37.3 Å². The van der Waals surface area contributed by atoms with Crippen molar-refractivity contribution in [1.29, 1.82) is 0 Å². The quantitative estimate of drug-likeness (QED) is 0.777. The minimum Gasteiger partial charge on any atom is -0.478 e. The normalized spacial score (nSPS) is 10.5. The van der Waals surface area contributed by atoms with E-state index in [1.54, 1.807) is 0 Å². The largest absolute Gasteiger partial charge is 0.478 e. The number of carboxylic acids is 1. The summed E-state index contributed by atoms with van der Waals surface area (Å²) in [5.74, 6) is -2.93. The first-order chi connectivity index (χ1) is 6.04. The van der Waals surface area contributed by atoms with Gasteiger partial charge in [-0.3, -0.25) is 0 Å². The highest BCUT2D eigenvalue weighted by Gasteiger charge is 2.19.